The third-order valence-corrected chi connectivity index (χ3v) is 5.73. The van der Waals surface area contributed by atoms with E-state index in [1.807, 2.05) is 66.7 Å². The van der Waals surface area contributed by atoms with E-state index in [4.69, 9.17) is 16.3 Å². The first-order valence-corrected chi connectivity index (χ1v) is 10.8. The standard InChI is InChI=1S/C24H20ClN5O3/c25-18-5-3-4-16(12-18)14-29(19-10-8-17(9-11-19)22-13-26-24(32)33-22)23(31)15-30-21-7-2-1-6-20(21)27-28-30/h1-12,22H,13-15H2,(H,26,32). The van der Waals surface area contributed by atoms with Crippen molar-refractivity contribution in [1.29, 1.82) is 0 Å². The van der Waals surface area contributed by atoms with Crippen molar-refractivity contribution in [1.82, 2.24) is 20.3 Å². The molecular weight excluding hydrogens is 442 g/mol. The van der Waals surface area contributed by atoms with Gasteiger partial charge in [0.2, 0.25) is 5.91 Å². The van der Waals surface area contributed by atoms with Crippen molar-refractivity contribution in [2.24, 2.45) is 0 Å². The Hall–Kier alpha value is -3.91. The maximum Gasteiger partial charge on any atom is 0.407 e. The first-order chi connectivity index (χ1) is 16.1. The van der Waals surface area contributed by atoms with Crippen molar-refractivity contribution < 1.29 is 14.3 Å². The molecule has 3 aromatic carbocycles. The van der Waals surface area contributed by atoms with Crippen molar-refractivity contribution in [2.75, 3.05) is 11.4 Å². The molecular formula is C24H20ClN5O3. The minimum atomic E-state index is -0.429. The number of rotatable bonds is 6. The number of carbonyl (C=O) groups is 2. The molecule has 1 N–H and O–H groups in total. The fourth-order valence-corrected chi connectivity index (χ4v) is 4.05. The molecule has 5 rings (SSSR count). The summed E-state index contributed by atoms with van der Waals surface area (Å²) in [6.45, 7) is 0.793. The predicted octanol–water partition coefficient (Wildman–Crippen LogP) is 4.10. The van der Waals surface area contributed by atoms with E-state index in [9.17, 15) is 9.59 Å². The maximum atomic E-state index is 13.5. The van der Waals surface area contributed by atoms with Crippen LogP contribution in [0.1, 0.15) is 17.2 Å². The number of alkyl carbamates (subject to hydrolysis) is 1. The summed E-state index contributed by atoms with van der Waals surface area (Å²) >= 11 is 6.17. The minimum absolute atomic E-state index is 0.0347. The molecule has 9 heteroatoms. The molecule has 1 fully saturated rings. The number of hydrogen-bond acceptors (Lipinski definition) is 5. The Kier molecular flexibility index (Phi) is 5.66. The van der Waals surface area contributed by atoms with Gasteiger partial charge >= 0.3 is 6.09 Å². The number of cyclic esters (lactones) is 1. The molecule has 0 aliphatic carbocycles. The molecule has 8 nitrogen and oxygen atoms in total. The number of aromatic nitrogens is 3. The number of ether oxygens (including phenoxy) is 1. The highest BCUT2D eigenvalue weighted by atomic mass is 35.5. The lowest BCUT2D eigenvalue weighted by molar-refractivity contribution is -0.119. The molecule has 4 aromatic rings. The normalized spacial score (nSPS) is 15.3. The highest BCUT2D eigenvalue weighted by molar-refractivity contribution is 6.30. The van der Waals surface area contributed by atoms with Gasteiger partial charge in [0, 0.05) is 10.7 Å². The van der Waals surface area contributed by atoms with Gasteiger partial charge in [-0.1, -0.05) is 53.2 Å². The van der Waals surface area contributed by atoms with Crippen LogP contribution < -0.4 is 10.2 Å². The molecule has 1 unspecified atom stereocenters. The van der Waals surface area contributed by atoms with E-state index in [0.717, 1.165) is 22.2 Å². The van der Waals surface area contributed by atoms with Crippen molar-refractivity contribution in [3.63, 3.8) is 0 Å². The third-order valence-electron chi connectivity index (χ3n) is 5.49. The van der Waals surface area contributed by atoms with Gasteiger partial charge in [-0.3, -0.25) is 4.79 Å². The predicted molar refractivity (Wildman–Crippen MR) is 124 cm³/mol. The number of nitrogens with one attached hydrogen (secondary N) is 1. The second kappa shape index (κ2) is 8.91. The van der Waals surface area contributed by atoms with Gasteiger partial charge in [0.1, 0.15) is 18.2 Å². The van der Waals surface area contributed by atoms with Crippen LogP contribution in [0.3, 0.4) is 0 Å². The number of hydrogen-bond donors (Lipinski definition) is 1. The van der Waals surface area contributed by atoms with E-state index in [0.29, 0.717) is 23.8 Å². The number of para-hydroxylation sites is 1. The quantitative estimate of drug-likeness (QED) is 0.467. The van der Waals surface area contributed by atoms with Crippen LogP contribution in [-0.4, -0.2) is 33.5 Å². The van der Waals surface area contributed by atoms with Gasteiger partial charge in [-0.2, -0.15) is 0 Å². The Morgan fingerprint density at radius 2 is 1.94 bits per heavy atom. The van der Waals surface area contributed by atoms with Crippen LogP contribution in [0, 0.1) is 0 Å². The Balaban J connectivity index is 1.43. The van der Waals surface area contributed by atoms with Gasteiger partial charge in [-0.05, 0) is 47.5 Å². The Morgan fingerprint density at radius 1 is 1.12 bits per heavy atom. The van der Waals surface area contributed by atoms with Crippen molar-refractivity contribution >= 4 is 40.3 Å². The number of halogens is 1. The van der Waals surface area contributed by atoms with E-state index >= 15 is 0 Å². The average Bonchev–Trinajstić information content (AvgIpc) is 3.44. The summed E-state index contributed by atoms with van der Waals surface area (Å²) in [5.41, 5.74) is 3.99. The zero-order valence-corrected chi connectivity index (χ0v) is 18.3. The summed E-state index contributed by atoms with van der Waals surface area (Å²) in [4.78, 5) is 26.5. The van der Waals surface area contributed by atoms with Crippen molar-refractivity contribution in [3.8, 4) is 0 Å². The summed E-state index contributed by atoms with van der Waals surface area (Å²) in [7, 11) is 0. The van der Waals surface area contributed by atoms with Gasteiger partial charge in [0.25, 0.3) is 0 Å². The lowest BCUT2D eigenvalue weighted by Gasteiger charge is -2.24. The summed E-state index contributed by atoms with van der Waals surface area (Å²) in [5, 5.41) is 11.5. The van der Waals surface area contributed by atoms with E-state index in [2.05, 4.69) is 15.6 Å². The molecule has 1 saturated heterocycles. The molecule has 2 amide bonds. The zero-order chi connectivity index (χ0) is 22.8. The molecule has 1 aliphatic rings. The van der Waals surface area contributed by atoms with E-state index in [1.165, 1.54) is 0 Å². The van der Waals surface area contributed by atoms with Crippen molar-refractivity contribution in [3.05, 3.63) is 88.9 Å². The second-order valence-electron chi connectivity index (χ2n) is 7.71. The van der Waals surface area contributed by atoms with Crippen LogP contribution in [0.2, 0.25) is 5.02 Å². The SMILES string of the molecule is O=C1NCC(c2ccc(N(Cc3cccc(Cl)c3)C(=O)Cn3nnc4ccccc43)cc2)O1. The molecule has 0 bridgehead atoms. The first kappa shape index (κ1) is 21.0. The largest absolute Gasteiger partial charge is 0.439 e. The molecule has 1 atom stereocenters. The minimum Gasteiger partial charge on any atom is -0.439 e. The molecule has 0 spiro atoms. The molecule has 0 saturated carbocycles. The molecule has 0 radical (unpaired) electrons. The smallest absolute Gasteiger partial charge is 0.407 e. The molecule has 1 aliphatic heterocycles. The number of benzene rings is 3. The lowest BCUT2D eigenvalue weighted by atomic mass is 10.1. The van der Waals surface area contributed by atoms with Crippen molar-refractivity contribution in [2.45, 2.75) is 19.2 Å². The maximum absolute atomic E-state index is 13.5. The van der Waals surface area contributed by atoms with E-state index < -0.39 is 6.09 Å². The van der Waals surface area contributed by atoms with Gasteiger partial charge < -0.3 is 15.0 Å². The molecule has 1 aromatic heterocycles. The van der Waals surface area contributed by atoms with Crippen LogP contribution in [-0.2, 0) is 22.6 Å². The summed E-state index contributed by atoms with van der Waals surface area (Å²) in [5.74, 6) is -0.146. The summed E-state index contributed by atoms with van der Waals surface area (Å²) in [6.07, 6.45) is -0.771. The second-order valence-corrected chi connectivity index (χ2v) is 8.15. The molecule has 166 valence electrons. The Morgan fingerprint density at radius 3 is 2.70 bits per heavy atom. The summed E-state index contributed by atoms with van der Waals surface area (Å²) < 4.78 is 6.85. The van der Waals surface area contributed by atoms with E-state index in [1.54, 1.807) is 15.6 Å². The van der Waals surface area contributed by atoms with Gasteiger partial charge in [-0.25, -0.2) is 9.48 Å². The fraction of sp³-hybridized carbons (Fsp3) is 0.167. The van der Waals surface area contributed by atoms with Crippen LogP contribution in [0.4, 0.5) is 10.5 Å². The zero-order valence-electron chi connectivity index (χ0n) is 17.5. The number of anilines is 1. The highest BCUT2D eigenvalue weighted by Gasteiger charge is 2.25. The first-order valence-electron chi connectivity index (χ1n) is 10.4. The monoisotopic (exact) mass is 461 g/mol. The molecule has 2 heterocycles. The Labute approximate surface area is 194 Å². The van der Waals surface area contributed by atoms with Gasteiger partial charge in [0.15, 0.2) is 0 Å². The van der Waals surface area contributed by atoms with E-state index in [-0.39, 0.29) is 18.6 Å². The van der Waals surface area contributed by atoms with Gasteiger partial charge in [0.05, 0.1) is 18.6 Å². The fourth-order valence-electron chi connectivity index (χ4n) is 3.83. The van der Waals surface area contributed by atoms with Crippen LogP contribution in [0.5, 0.6) is 0 Å². The van der Waals surface area contributed by atoms with Crippen LogP contribution in [0.15, 0.2) is 72.8 Å². The average molecular weight is 462 g/mol. The number of carbonyl (C=O) groups excluding carboxylic acids is 2. The number of amides is 2. The number of nitrogens with zero attached hydrogens (tertiary/aromatic N) is 4. The van der Waals surface area contributed by atoms with Crippen LogP contribution in [0.25, 0.3) is 11.0 Å². The van der Waals surface area contributed by atoms with Crippen LogP contribution >= 0.6 is 11.6 Å². The van der Waals surface area contributed by atoms with Gasteiger partial charge in [-0.15, -0.1) is 5.10 Å². The highest BCUT2D eigenvalue weighted by Crippen LogP contribution is 2.26. The summed E-state index contributed by atoms with van der Waals surface area (Å²) in [6, 6.07) is 22.4. The molecule has 33 heavy (non-hydrogen) atoms. The topological polar surface area (TPSA) is 89.4 Å². The lowest BCUT2D eigenvalue weighted by Crippen LogP contribution is -2.33. The number of fused-ring (bicyclic) bond motifs is 1. The third kappa shape index (κ3) is 4.51. The Bertz CT molecular complexity index is 1320.